The van der Waals surface area contributed by atoms with Gasteiger partial charge in [0.15, 0.2) is 0 Å². The Hall–Kier alpha value is -0.340. The van der Waals surface area contributed by atoms with Gasteiger partial charge < -0.3 is 5.11 Å². The van der Waals surface area contributed by atoms with Crippen LogP contribution < -0.4 is 0 Å². The van der Waals surface area contributed by atoms with Crippen molar-refractivity contribution in [3.8, 4) is 0 Å². The van der Waals surface area contributed by atoms with Crippen LogP contribution in [0.1, 0.15) is 33.1 Å². The third kappa shape index (κ3) is 3.10. The summed E-state index contributed by atoms with van der Waals surface area (Å²) in [7, 11) is 2.11. The first-order valence-corrected chi connectivity index (χ1v) is 5.53. The summed E-state index contributed by atoms with van der Waals surface area (Å²) in [5.74, 6) is 0.774. The van der Waals surface area contributed by atoms with Gasteiger partial charge in [-0.15, -0.1) is 0 Å². The second-order valence-electron chi connectivity index (χ2n) is 5.00. The molecule has 0 aromatic carbocycles. The van der Waals surface area contributed by atoms with Crippen molar-refractivity contribution < 1.29 is 5.11 Å². The van der Waals surface area contributed by atoms with Crippen molar-refractivity contribution >= 4 is 0 Å². The van der Waals surface area contributed by atoms with Crippen molar-refractivity contribution in [1.29, 1.82) is 0 Å². The zero-order valence-electron chi connectivity index (χ0n) is 9.66. The van der Waals surface area contributed by atoms with E-state index >= 15 is 0 Å². The number of likely N-dealkylation sites (N-methyl/N-ethyl adjacent to an activating group) is 1. The van der Waals surface area contributed by atoms with Crippen LogP contribution >= 0.6 is 0 Å². The van der Waals surface area contributed by atoms with Crippen LogP contribution in [-0.2, 0) is 0 Å². The Morgan fingerprint density at radius 3 is 2.64 bits per heavy atom. The number of nitrogens with zero attached hydrogens (tertiary/aromatic N) is 1. The van der Waals surface area contributed by atoms with Gasteiger partial charge >= 0.3 is 0 Å². The number of hydrogen-bond acceptors (Lipinski definition) is 2. The Labute approximate surface area is 87.6 Å². The van der Waals surface area contributed by atoms with Gasteiger partial charge in [0.1, 0.15) is 0 Å². The largest absolute Gasteiger partial charge is 0.394 e. The Morgan fingerprint density at radius 2 is 2.14 bits per heavy atom. The predicted molar refractivity (Wildman–Crippen MR) is 60.3 cm³/mol. The molecule has 0 fully saturated rings. The smallest absolute Gasteiger partial charge is 0.0609 e. The second kappa shape index (κ2) is 4.94. The highest BCUT2D eigenvalue weighted by atomic mass is 16.3. The van der Waals surface area contributed by atoms with Gasteiger partial charge in [0.25, 0.3) is 0 Å². The molecule has 0 aromatic rings. The van der Waals surface area contributed by atoms with Gasteiger partial charge in [0, 0.05) is 12.1 Å². The van der Waals surface area contributed by atoms with Crippen LogP contribution in [0.15, 0.2) is 12.2 Å². The SMILES string of the molecule is CN(CC1CC=CCC1)C(C)(C)CO. The van der Waals surface area contributed by atoms with Crippen molar-refractivity contribution in [2.45, 2.75) is 38.6 Å². The monoisotopic (exact) mass is 197 g/mol. The van der Waals surface area contributed by atoms with Crippen LogP contribution in [0.5, 0.6) is 0 Å². The fourth-order valence-corrected chi connectivity index (χ4v) is 1.78. The fourth-order valence-electron chi connectivity index (χ4n) is 1.78. The highest BCUT2D eigenvalue weighted by molar-refractivity contribution is 4.91. The summed E-state index contributed by atoms with van der Waals surface area (Å²) in [5.41, 5.74) is -0.0822. The normalized spacial score (nSPS) is 23.1. The summed E-state index contributed by atoms with van der Waals surface area (Å²) in [5, 5.41) is 9.24. The minimum Gasteiger partial charge on any atom is -0.394 e. The van der Waals surface area contributed by atoms with E-state index in [-0.39, 0.29) is 12.1 Å². The van der Waals surface area contributed by atoms with E-state index in [4.69, 9.17) is 0 Å². The number of aliphatic hydroxyl groups excluding tert-OH is 1. The maximum atomic E-state index is 9.24. The maximum Gasteiger partial charge on any atom is 0.0609 e. The van der Waals surface area contributed by atoms with E-state index < -0.39 is 0 Å². The molecule has 0 radical (unpaired) electrons. The molecule has 2 heteroatoms. The molecule has 1 unspecified atom stereocenters. The maximum absolute atomic E-state index is 9.24. The first-order chi connectivity index (χ1) is 6.56. The van der Waals surface area contributed by atoms with E-state index in [9.17, 15) is 5.11 Å². The summed E-state index contributed by atoms with van der Waals surface area (Å²) in [6.07, 6.45) is 8.27. The van der Waals surface area contributed by atoms with Crippen molar-refractivity contribution in [3.05, 3.63) is 12.2 Å². The van der Waals surface area contributed by atoms with Gasteiger partial charge in [-0.05, 0) is 46.1 Å². The highest BCUT2D eigenvalue weighted by Crippen LogP contribution is 2.22. The van der Waals surface area contributed by atoms with E-state index in [2.05, 4.69) is 37.9 Å². The Kier molecular flexibility index (Phi) is 4.14. The van der Waals surface area contributed by atoms with Crippen molar-refractivity contribution in [1.82, 2.24) is 4.90 Å². The van der Waals surface area contributed by atoms with Crippen LogP contribution in [-0.4, -0.2) is 35.7 Å². The first-order valence-electron chi connectivity index (χ1n) is 5.53. The third-order valence-electron chi connectivity index (χ3n) is 3.33. The minimum absolute atomic E-state index is 0.0822. The van der Waals surface area contributed by atoms with Crippen LogP contribution in [0.25, 0.3) is 0 Å². The molecule has 82 valence electrons. The topological polar surface area (TPSA) is 23.5 Å². The van der Waals surface area contributed by atoms with Crippen LogP contribution in [0, 0.1) is 5.92 Å². The van der Waals surface area contributed by atoms with Crippen LogP contribution in [0.4, 0.5) is 0 Å². The van der Waals surface area contributed by atoms with Crippen molar-refractivity contribution in [3.63, 3.8) is 0 Å². The molecule has 1 N–H and O–H groups in total. The summed E-state index contributed by atoms with van der Waals surface area (Å²) in [6, 6.07) is 0. The van der Waals surface area contributed by atoms with Gasteiger partial charge in [-0.2, -0.15) is 0 Å². The van der Waals surface area contributed by atoms with Crippen molar-refractivity contribution in [2.75, 3.05) is 20.2 Å². The van der Waals surface area contributed by atoms with Gasteiger partial charge in [-0.1, -0.05) is 12.2 Å². The molecular formula is C12H23NO. The lowest BCUT2D eigenvalue weighted by atomic mass is 9.92. The number of allylic oxidation sites excluding steroid dienone is 2. The minimum atomic E-state index is -0.0822. The molecule has 0 bridgehead atoms. The fraction of sp³-hybridized carbons (Fsp3) is 0.833. The third-order valence-corrected chi connectivity index (χ3v) is 3.33. The average molecular weight is 197 g/mol. The molecule has 1 atom stereocenters. The summed E-state index contributed by atoms with van der Waals surface area (Å²) < 4.78 is 0. The molecule has 1 aliphatic rings. The molecule has 0 aromatic heterocycles. The number of aliphatic hydroxyl groups is 1. The standard InChI is InChI=1S/C12H23NO/c1-12(2,10-14)13(3)9-11-7-5-4-6-8-11/h4-5,11,14H,6-10H2,1-3H3. The van der Waals surface area contributed by atoms with E-state index in [1.807, 2.05) is 0 Å². The quantitative estimate of drug-likeness (QED) is 0.697. The van der Waals surface area contributed by atoms with Crippen LogP contribution in [0.3, 0.4) is 0 Å². The Balaban J connectivity index is 2.39. The Bertz CT molecular complexity index is 198. The Morgan fingerprint density at radius 1 is 1.43 bits per heavy atom. The van der Waals surface area contributed by atoms with E-state index in [0.29, 0.717) is 0 Å². The zero-order chi connectivity index (χ0) is 10.6. The predicted octanol–water partition coefficient (Wildman–Crippen LogP) is 2.05. The molecule has 0 spiro atoms. The van der Waals surface area contributed by atoms with Gasteiger partial charge in [0.2, 0.25) is 0 Å². The lowest BCUT2D eigenvalue weighted by Crippen LogP contribution is -2.46. The lowest BCUT2D eigenvalue weighted by Gasteiger charge is -2.36. The number of hydrogen-bond donors (Lipinski definition) is 1. The van der Waals surface area contributed by atoms with Crippen molar-refractivity contribution in [2.24, 2.45) is 5.92 Å². The molecule has 0 heterocycles. The average Bonchev–Trinajstić information content (AvgIpc) is 2.19. The van der Waals surface area contributed by atoms with Gasteiger partial charge in [-0.3, -0.25) is 4.90 Å². The molecule has 2 nitrogen and oxygen atoms in total. The molecule has 0 saturated carbocycles. The lowest BCUT2D eigenvalue weighted by molar-refractivity contribution is 0.0650. The molecule has 0 amide bonds. The van der Waals surface area contributed by atoms with E-state index in [0.717, 1.165) is 12.5 Å². The molecule has 0 aliphatic heterocycles. The zero-order valence-corrected chi connectivity index (χ0v) is 9.66. The highest BCUT2D eigenvalue weighted by Gasteiger charge is 2.24. The molecule has 0 saturated heterocycles. The summed E-state index contributed by atoms with van der Waals surface area (Å²) in [6.45, 7) is 5.50. The molecule has 14 heavy (non-hydrogen) atoms. The van der Waals surface area contributed by atoms with Crippen LogP contribution in [0.2, 0.25) is 0 Å². The van der Waals surface area contributed by atoms with E-state index in [1.54, 1.807) is 0 Å². The number of rotatable bonds is 4. The van der Waals surface area contributed by atoms with E-state index in [1.165, 1.54) is 19.3 Å². The summed E-state index contributed by atoms with van der Waals surface area (Å²) in [4.78, 5) is 2.27. The van der Waals surface area contributed by atoms with Gasteiger partial charge in [-0.25, -0.2) is 0 Å². The molecule has 1 aliphatic carbocycles. The molecular weight excluding hydrogens is 174 g/mol. The van der Waals surface area contributed by atoms with Gasteiger partial charge in [0.05, 0.1) is 6.61 Å². The first kappa shape index (κ1) is 11.7. The summed E-state index contributed by atoms with van der Waals surface area (Å²) >= 11 is 0. The second-order valence-corrected chi connectivity index (χ2v) is 5.00. The molecule has 1 rings (SSSR count).